The van der Waals surface area contributed by atoms with Gasteiger partial charge in [-0.25, -0.2) is 9.78 Å². The third kappa shape index (κ3) is 3.82. The van der Waals surface area contributed by atoms with Crippen LogP contribution in [-0.4, -0.2) is 25.6 Å². The molecule has 4 rings (SSSR count). The second-order valence-electron chi connectivity index (χ2n) is 6.63. The topological polar surface area (TPSA) is 115 Å². The van der Waals surface area contributed by atoms with E-state index in [1.807, 2.05) is 0 Å². The van der Waals surface area contributed by atoms with Gasteiger partial charge in [0.15, 0.2) is 0 Å². The van der Waals surface area contributed by atoms with E-state index in [1.165, 1.54) is 22.8 Å². The van der Waals surface area contributed by atoms with Crippen LogP contribution in [0.4, 0.5) is 5.69 Å². The summed E-state index contributed by atoms with van der Waals surface area (Å²) in [5.41, 5.74) is 0.857. The highest BCUT2D eigenvalue weighted by molar-refractivity contribution is 5.92. The third-order valence-corrected chi connectivity index (χ3v) is 4.71. The second kappa shape index (κ2) is 8.03. The average Bonchev–Trinajstić information content (AvgIpc) is 2.78. The summed E-state index contributed by atoms with van der Waals surface area (Å²) in [6.45, 7) is 0. The van der Waals surface area contributed by atoms with E-state index in [2.05, 4.69) is 4.98 Å². The van der Waals surface area contributed by atoms with Crippen molar-refractivity contribution in [1.82, 2.24) is 9.55 Å². The van der Waals surface area contributed by atoms with Crippen molar-refractivity contribution >= 4 is 34.7 Å². The molecule has 1 heterocycles. The molecule has 0 radical (unpaired) electrons. The number of aromatic carboxylic acids is 1. The molecule has 0 aliphatic rings. The number of nitrogens with zero attached hydrogens (tertiary/aromatic N) is 3. The summed E-state index contributed by atoms with van der Waals surface area (Å²) in [6, 6.07) is 18.9. The highest BCUT2D eigenvalue weighted by Gasteiger charge is 2.17. The molecule has 0 amide bonds. The zero-order chi connectivity index (χ0) is 22.0. The molecule has 0 aliphatic heterocycles. The zero-order valence-corrected chi connectivity index (χ0v) is 16.0. The molecule has 152 valence electrons. The minimum absolute atomic E-state index is 0.0340. The average molecular weight is 413 g/mol. The number of aromatic nitrogens is 2. The molecule has 0 fully saturated rings. The third-order valence-electron chi connectivity index (χ3n) is 4.71. The van der Waals surface area contributed by atoms with E-state index < -0.39 is 16.5 Å². The number of rotatable bonds is 5. The summed E-state index contributed by atoms with van der Waals surface area (Å²) in [5, 5.41) is 20.8. The van der Waals surface area contributed by atoms with Crippen molar-refractivity contribution in [2.24, 2.45) is 0 Å². The second-order valence-corrected chi connectivity index (χ2v) is 6.63. The number of carbonyl (C=O) groups is 1. The van der Waals surface area contributed by atoms with Gasteiger partial charge in [0.25, 0.3) is 11.2 Å². The maximum Gasteiger partial charge on any atom is 0.337 e. The van der Waals surface area contributed by atoms with Gasteiger partial charge in [-0.05, 0) is 48.0 Å². The molecule has 1 aromatic heterocycles. The first kappa shape index (κ1) is 19.7. The zero-order valence-electron chi connectivity index (χ0n) is 16.0. The molecule has 0 atom stereocenters. The summed E-state index contributed by atoms with van der Waals surface area (Å²) in [7, 11) is 0. The Balaban J connectivity index is 1.92. The van der Waals surface area contributed by atoms with Crippen LogP contribution in [-0.2, 0) is 0 Å². The lowest BCUT2D eigenvalue weighted by Gasteiger charge is -2.13. The Morgan fingerprint density at radius 2 is 1.65 bits per heavy atom. The van der Waals surface area contributed by atoms with Crippen LogP contribution in [0.15, 0.2) is 77.6 Å². The molecular weight excluding hydrogens is 398 g/mol. The molecule has 0 aliphatic carbocycles. The summed E-state index contributed by atoms with van der Waals surface area (Å²) >= 11 is 0. The summed E-state index contributed by atoms with van der Waals surface area (Å²) in [5.74, 6) is -0.934. The monoisotopic (exact) mass is 413 g/mol. The summed E-state index contributed by atoms with van der Waals surface area (Å²) in [4.78, 5) is 39.9. The minimum Gasteiger partial charge on any atom is -0.478 e. The molecule has 8 heteroatoms. The van der Waals surface area contributed by atoms with Crippen molar-refractivity contribution in [3.63, 3.8) is 0 Å². The first-order valence-electron chi connectivity index (χ1n) is 9.23. The van der Waals surface area contributed by atoms with Crippen LogP contribution in [0.3, 0.4) is 0 Å². The lowest BCUT2D eigenvalue weighted by molar-refractivity contribution is -0.384. The highest BCUT2D eigenvalue weighted by atomic mass is 16.6. The van der Waals surface area contributed by atoms with E-state index in [-0.39, 0.29) is 22.8 Å². The number of para-hydroxylation sites is 2. The van der Waals surface area contributed by atoms with Crippen LogP contribution in [0.5, 0.6) is 0 Å². The standard InChI is InChI=1S/C23H15N3O5/c27-22-17-5-1-3-7-19(17)24-21(14-11-15-9-12-16(13-10-15)26(30)31)25(22)20-8-4-2-6-18(20)23(28)29/h1-14H,(H,28,29)/b14-11+. The fourth-order valence-corrected chi connectivity index (χ4v) is 3.22. The van der Waals surface area contributed by atoms with E-state index >= 15 is 0 Å². The van der Waals surface area contributed by atoms with Crippen molar-refractivity contribution in [3.8, 4) is 5.69 Å². The van der Waals surface area contributed by atoms with Gasteiger partial charge in [0, 0.05) is 12.1 Å². The normalized spacial score (nSPS) is 11.1. The van der Waals surface area contributed by atoms with Gasteiger partial charge >= 0.3 is 5.97 Å². The Morgan fingerprint density at radius 3 is 2.35 bits per heavy atom. The number of hydrogen-bond donors (Lipinski definition) is 1. The molecule has 0 bridgehead atoms. The van der Waals surface area contributed by atoms with Crippen molar-refractivity contribution in [1.29, 1.82) is 0 Å². The molecule has 1 N–H and O–H groups in total. The van der Waals surface area contributed by atoms with Crippen LogP contribution in [0.2, 0.25) is 0 Å². The SMILES string of the molecule is O=C(O)c1ccccc1-n1c(/C=C/c2ccc([N+](=O)[O-])cc2)nc2ccccc2c1=O. The van der Waals surface area contributed by atoms with Crippen molar-refractivity contribution in [3.05, 3.63) is 110 Å². The fraction of sp³-hybridized carbons (Fsp3) is 0. The molecule has 4 aromatic rings. The molecular formula is C23H15N3O5. The van der Waals surface area contributed by atoms with E-state index in [9.17, 15) is 24.8 Å². The van der Waals surface area contributed by atoms with E-state index in [4.69, 9.17) is 0 Å². The first-order valence-corrected chi connectivity index (χ1v) is 9.23. The fourth-order valence-electron chi connectivity index (χ4n) is 3.22. The number of benzene rings is 3. The van der Waals surface area contributed by atoms with Crippen LogP contribution < -0.4 is 5.56 Å². The van der Waals surface area contributed by atoms with Crippen molar-refractivity contribution < 1.29 is 14.8 Å². The van der Waals surface area contributed by atoms with Crippen molar-refractivity contribution in [2.75, 3.05) is 0 Å². The molecule has 0 saturated carbocycles. The number of fused-ring (bicyclic) bond motifs is 1. The lowest BCUT2D eigenvalue weighted by atomic mass is 10.1. The first-order chi connectivity index (χ1) is 15.0. The Bertz CT molecular complexity index is 1410. The predicted octanol–water partition coefficient (Wildman–Crippen LogP) is 4.16. The van der Waals surface area contributed by atoms with Crippen LogP contribution in [0, 0.1) is 10.1 Å². The maximum absolute atomic E-state index is 13.3. The Labute approximate surface area is 175 Å². The molecule has 8 nitrogen and oxygen atoms in total. The number of hydrogen-bond acceptors (Lipinski definition) is 5. The Kier molecular flexibility index (Phi) is 5.11. The quantitative estimate of drug-likeness (QED) is 0.388. The van der Waals surface area contributed by atoms with Gasteiger partial charge < -0.3 is 5.11 Å². The number of carboxylic acids is 1. The molecule has 0 spiro atoms. The molecule has 3 aromatic carbocycles. The number of non-ortho nitro benzene ring substituents is 1. The van der Waals surface area contributed by atoms with Crippen LogP contribution in [0.25, 0.3) is 28.7 Å². The molecule has 0 saturated heterocycles. The lowest BCUT2D eigenvalue weighted by Crippen LogP contribution is -2.24. The number of nitro groups is 1. The molecule has 0 unspecified atom stereocenters. The maximum atomic E-state index is 13.3. The summed E-state index contributed by atoms with van der Waals surface area (Å²) < 4.78 is 1.26. The van der Waals surface area contributed by atoms with E-state index in [0.717, 1.165) is 0 Å². The Hall–Kier alpha value is -4.59. The van der Waals surface area contributed by atoms with Gasteiger partial charge in [0.05, 0.1) is 27.1 Å². The predicted molar refractivity (Wildman–Crippen MR) is 116 cm³/mol. The van der Waals surface area contributed by atoms with Crippen LogP contribution >= 0.6 is 0 Å². The highest BCUT2D eigenvalue weighted by Crippen LogP contribution is 2.19. The smallest absolute Gasteiger partial charge is 0.337 e. The van der Waals surface area contributed by atoms with Gasteiger partial charge in [-0.1, -0.05) is 30.3 Å². The summed E-state index contributed by atoms with van der Waals surface area (Å²) in [6.07, 6.45) is 3.23. The van der Waals surface area contributed by atoms with Gasteiger partial charge in [0.1, 0.15) is 5.82 Å². The number of carboxylic acid groups (broad SMARTS) is 1. The van der Waals surface area contributed by atoms with Gasteiger partial charge in [-0.2, -0.15) is 0 Å². The minimum atomic E-state index is -1.17. The molecule has 31 heavy (non-hydrogen) atoms. The van der Waals surface area contributed by atoms with Gasteiger partial charge in [-0.15, -0.1) is 0 Å². The van der Waals surface area contributed by atoms with Gasteiger partial charge in [0.2, 0.25) is 0 Å². The number of nitro benzene ring substituents is 1. The largest absolute Gasteiger partial charge is 0.478 e. The Morgan fingerprint density at radius 1 is 0.968 bits per heavy atom. The van der Waals surface area contributed by atoms with Crippen LogP contribution in [0.1, 0.15) is 21.7 Å². The van der Waals surface area contributed by atoms with E-state index in [1.54, 1.807) is 66.7 Å². The van der Waals surface area contributed by atoms with Gasteiger partial charge in [-0.3, -0.25) is 19.5 Å². The van der Waals surface area contributed by atoms with E-state index in [0.29, 0.717) is 16.5 Å². The van der Waals surface area contributed by atoms with Crippen molar-refractivity contribution in [2.45, 2.75) is 0 Å².